The highest BCUT2D eigenvalue weighted by Crippen LogP contribution is 2.45. The molecule has 1 heterocycles. The fourth-order valence-corrected chi connectivity index (χ4v) is 3.14. The normalized spacial score (nSPS) is 13.3. The average Bonchev–Trinajstić information content (AvgIpc) is 3.11. The molecule has 1 amide bonds. The molecule has 7 nitrogen and oxygen atoms in total. The molecule has 0 spiro atoms. The van der Waals surface area contributed by atoms with Crippen LogP contribution in [0.4, 0.5) is 0 Å². The lowest BCUT2D eigenvalue weighted by Gasteiger charge is -2.18. The molecule has 2 aromatic rings. The first-order valence-corrected chi connectivity index (χ1v) is 9.47. The number of carbonyl (C=O) groups excluding carboxylic acids is 2. The molecule has 0 fully saturated rings. The minimum absolute atomic E-state index is 0.0804. The van der Waals surface area contributed by atoms with Crippen molar-refractivity contribution in [2.75, 3.05) is 20.8 Å². The maximum Gasteiger partial charge on any atom is 0.344 e. The van der Waals surface area contributed by atoms with Crippen molar-refractivity contribution in [3.8, 4) is 28.4 Å². The molecule has 0 saturated carbocycles. The van der Waals surface area contributed by atoms with Gasteiger partial charge in [0.25, 0.3) is 5.91 Å². The van der Waals surface area contributed by atoms with Crippen LogP contribution in [0.3, 0.4) is 0 Å². The Morgan fingerprint density at radius 2 is 1.86 bits per heavy atom. The second kappa shape index (κ2) is 8.86. The Balaban J connectivity index is 1.97. The molecular weight excluding hydrogens is 374 g/mol. The molecule has 2 aromatic carbocycles. The van der Waals surface area contributed by atoms with Gasteiger partial charge in [-0.3, -0.25) is 4.79 Å². The van der Waals surface area contributed by atoms with Crippen LogP contribution in [0.1, 0.15) is 36.2 Å². The third kappa shape index (κ3) is 4.29. The standard InChI is InChI=1S/C22H25NO6/c1-5-13(2)29-19(24)12-28-20-16(8-9-18(26-3)21(20)27-4)14-6-7-17-15(10-14)11-23-22(17)25/h6-10,13H,5,11-12H2,1-4H3,(H,23,25). The van der Waals surface area contributed by atoms with Crippen molar-refractivity contribution in [1.29, 1.82) is 0 Å². The predicted octanol–water partition coefficient (Wildman–Crippen LogP) is 3.33. The predicted molar refractivity (Wildman–Crippen MR) is 107 cm³/mol. The van der Waals surface area contributed by atoms with E-state index in [0.29, 0.717) is 29.4 Å². The number of rotatable bonds is 8. The SMILES string of the molecule is CCC(C)OC(=O)COc1c(-c2ccc3c(c2)CNC3=O)ccc(OC)c1OC. The van der Waals surface area contributed by atoms with E-state index >= 15 is 0 Å². The van der Waals surface area contributed by atoms with Crippen molar-refractivity contribution < 1.29 is 28.5 Å². The molecule has 1 N–H and O–H groups in total. The summed E-state index contributed by atoms with van der Waals surface area (Å²) in [5, 5.41) is 2.81. The summed E-state index contributed by atoms with van der Waals surface area (Å²) in [7, 11) is 3.04. The molecule has 0 radical (unpaired) electrons. The third-order valence-electron chi connectivity index (χ3n) is 4.84. The molecule has 3 rings (SSSR count). The molecule has 0 aromatic heterocycles. The number of hydrogen-bond donors (Lipinski definition) is 1. The summed E-state index contributed by atoms with van der Waals surface area (Å²) >= 11 is 0. The highest BCUT2D eigenvalue weighted by atomic mass is 16.6. The number of hydrogen-bond acceptors (Lipinski definition) is 6. The average molecular weight is 399 g/mol. The van der Waals surface area contributed by atoms with Crippen molar-refractivity contribution in [2.45, 2.75) is 32.9 Å². The number of nitrogens with one attached hydrogen (secondary N) is 1. The fourth-order valence-electron chi connectivity index (χ4n) is 3.14. The topological polar surface area (TPSA) is 83.1 Å². The van der Waals surface area contributed by atoms with Crippen LogP contribution in [0.25, 0.3) is 11.1 Å². The molecule has 1 aliphatic rings. The van der Waals surface area contributed by atoms with Gasteiger partial charge in [0.05, 0.1) is 20.3 Å². The van der Waals surface area contributed by atoms with E-state index in [-0.39, 0.29) is 18.6 Å². The Bertz CT molecular complexity index is 924. The Kier molecular flexibility index (Phi) is 6.26. The molecule has 1 aliphatic heterocycles. The minimum atomic E-state index is -0.459. The van der Waals surface area contributed by atoms with Crippen LogP contribution in [0, 0.1) is 0 Å². The van der Waals surface area contributed by atoms with Gasteiger partial charge in [-0.1, -0.05) is 13.0 Å². The van der Waals surface area contributed by atoms with Gasteiger partial charge in [-0.25, -0.2) is 4.79 Å². The first kappa shape index (κ1) is 20.5. The monoisotopic (exact) mass is 399 g/mol. The fraction of sp³-hybridized carbons (Fsp3) is 0.364. The summed E-state index contributed by atoms with van der Waals surface area (Å²) in [6.45, 7) is 3.99. The lowest BCUT2D eigenvalue weighted by atomic mass is 9.99. The van der Waals surface area contributed by atoms with E-state index < -0.39 is 5.97 Å². The van der Waals surface area contributed by atoms with Gasteiger partial charge in [-0.2, -0.15) is 0 Å². The van der Waals surface area contributed by atoms with Crippen LogP contribution in [-0.2, 0) is 16.1 Å². The van der Waals surface area contributed by atoms with Gasteiger partial charge in [0.1, 0.15) is 0 Å². The van der Waals surface area contributed by atoms with Crippen molar-refractivity contribution >= 4 is 11.9 Å². The van der Waals surface area contributed by atoms with Crippen LogP contribution in [0.15, 0.2) is 30.3 Å². The number of methoxy groups -OCH3 is 2. The van der Waals surface area contributed by atoms with Crippen LogP contribution >= 0.6 is 0 Å². The van der Waals surface area contributed by atoms with E-state index in [1.165, 1.54) is 14.2 Å². The first-order valence-electron chi connectivity index (χ1n) is 9.47. The number of amides is 1. The summed E-state index contributed by atoms with van der Waals surface area (Å²) in [6, 6.07) is 9.16. The summed E-state index contributed by atoms with van der Waals surface area (Å²) in [5.74, 6) is 0.711. The molecule has 0 saturated heterocycles. The van der Waals surface area contributed by atoms with E-state index in [0.717, 1.165) is 23.1 Å². The van der Waals surface area contributed by atoms with E-state index in [1.807, 2.05) is 32.0 Å². The molecule has 0 aliphatic carbocycles. The zero-order valence-electron chi connectivity index (χ0n) is 17.0. The van der Waals surface area contributed by atoms with Crippen molar-refractivity contribution in [1.82, 2.24) is 5.32 Å². The van der Waals surface area contributed by atoms with Gasteiger partial charge in [0.15, 0.2) is 18.1 Å². The van der Waals surface area contributed by atoms with Gasteiger partial charge in [0, 0.05) is 17.7 Å². The van der Waals surface area contributed by atoms with E-state index in [9.17, 15) is 9.59 Å². The second-order valence-electron chi connectivity index (χ2n) is 6.73. The van der Waals surface area contributed by atoms with Gasteiger partial charge >= 0.3 is 5.97 Å². The Labute approximate surface area is 169 Å². The van der Waals surface area contributed by atoms with Crippen molar-refractivity contribution in [3.63, 3.8) is 0 Å². The Hall–Kier alpha value is -3.22. The molecule has 7 heteroatoms. The van der Waals surface area contributed by atoms with Gasteiger partial charge in [-0.15, -0.1) is 0 Å². The minimum Gasteiger partial charge on any atom is -0.493 e. The molecule has 154 valence electrons. The molecule has 0 bridgehead atoms. The van der Waals surface area contributed by atoms with Gasteiger partial charge < -0.3 is 24.3 Å². The summed E-state index contributed by atoms with van der Waals surface area (Å²) in [5.41, 5.74) is 3.13. The van der Waals surface area contributed by atoms with Crippen LogP contribution in [0.2, 0.25) is 0 Å². The highest BCUT2D eigenvalue weighted by Gasteiger charge is 2.23. The Morgan fingerprint density at radius 3 is 2.55 bits per heavy atom. The first-order chi connectivity index (χ1) is 14.0. The number of benzene rings is 2. The third-order valence-corrected chi connectivity index (χ3v) is 4.84. The smallest absolute Gasteiger partial charge is 0.344 e. The maximum atomic E-state index is 12.1. The Morgan fingerprint density at radius 1 is 1.10 bits per heavy atom. The maximum absolute atomic E-state index is 12.1. The lowest BCUT2D eigenvalue weighted by molar-refractivity contribution is -0.150. The second-order valence-corrected chi connectivity index (χ2v) is 6.73. The van der Waals surface area contributed by atoms with Gasteiger partial charge in [-0.05, 0) is 48.7 Å². The number of esters is 1. The van der Waals surface area contributed by atoms with Crippen LogP contribution in [0.5, 0.6) is 17.2 Å². The van der Waals surface area contributed by atoms with Crippen molar-refractivity contribution in [3.05, 3.63) is 41.5 Å². The molecule has 29 heavy (non-hydrogen) atoms. The number of fused-ring (bicyclic) bond motifs is 1. The van der Waals surface area contributed by atoms with Gasteiger partial charge in [0.2, 0.25) is 5.75 Å². The highest BCUT2D eigenvalue weighted by molar-refractivity contribution is 5.99. The lowest BCUT2D eigenvalue weighted by Crippen LogP contribution is -2.20. The molecule has 1 unspecified atom stereocenters. The van der Waals surface area contributed by atoms with Crippen molar-refractivity contribution in [2.24, 2.45) is 0 Å². The molecular formula is C22H25NO6. The summed E-state index contributed by atoms with van der Waals surface area (Å²) < 4.78 is 22.0. The zero-order chi connectivity index (χ0) is 21.0. The quantitative estimate of drug-likeness (QED) is 0.686. The van der Waals surface area contributed by atoms with E-state index in [4.69, 9.17) is 18.9 Å². The van der Waals surface area contributed by atoms with Crippen LogP contribution < -0.4 is 19.5 Å². The number of ether oxygens (including phenoxy) is 4. The van der Waals surface area contributed by atoms with E-state index in [2.05, 4.69) is 5.32 Å². The summed E-state index contributed by atoms with van der Waals surface area (Å²) in [4.78, 5) is 23.9. The summed E-state index contributed by atoms with van der Waals surface area (Å²) in [6.07, 6.45) is 0.543. The van der Waals surface area contributed by atoms with E-state index in [1.54, 1.807) is 12.1 Å². The van der Waals surface area contributed by atoms with Crippen LogP contribution in [-0.4, -0.2) is 38.8 Å². The zero-order valence-corrected chi connectivity index (χ0v) is 17.0. The largest absolute Gasteiger partial charge is 0.493 e. The number of carbonyl (C=O) groups is 2. The molecule has 1 atom stereocenters.